The molecule has 0 saturated heterocycles. The lowest BCUT2D eigenvalue weighted by atomic mass is 10.1. The van der Waals surface area contributed by atoms with Gasteiger partial charge in [-0.3, -0.25) is 4.90 Å². The zero-order chi connectivity index (χ0) is 13.8. The van der Waals surface area contributed by atoms with Crippen molar-refractivity contribution in [2.24, 2.45) is 11.7 Å². The first kappa shape index (κ1) is 14.5. The van der Waals surface area contributed by atoms with Gasteiger partial charge in [-0.05, 0) is 29.9 Å². The van der Waals surface area contributed by atoms with Gasteiger partial charge in [0.25, 0.3) is 0 Å². The van der Waals surface area contributed by atoms with E-state index in [1.165, 1.54) is 12.8 Å². The summed E-state index contributed by atoms with van der Waals surface area (Å²) >= 11 is 0. The van der Waals surface area contributed by atoms with Crippen LogP contribution in [0.1, 0.15) is 43.9 Å². The highest BCUT2D eigenvalue weighted by Gasteiger charge is 2.30. The second kappa shape index (κ2) is 6.51. The molecule has 0 spiro atoms. The fourth-order valence-corrected chi connectivity index (χ4v) is 2.48. The third-order valence-electron chi connectivity index (χ3n) is 3.67. The molecule has 1 aliphatic rings. The Morgan fingerprint density at radius 2 is 1.84 bits per heavy atom. The van der Waals surface area contributed by atoms with Gasteiger partial charge >= 0.3 is 0 Å². The molecule has 1 fully saturated rings. The number of benzene rings is 1. The van der Waals surface area contributed by atoms with Crippen LogP contribution in [0.4, 0.5) is 0 Å². The maximum absolute atomic E-state index is 10.4. The molecule has 3 heteroatoms. The highest BCUT2D eigenvalue weighted by Crippen LogP contribution is 2.29. The largest absolute Gasteiger partial charge is 0.387 e. The predicted octanol–water partition coefficient (Wildman–Crippen LogP) is 2.30. The van der Waals surface area contributed by atoms with Crippen molar-refractivity contribution in [3.05, 3.63) is 35.4 Å². The van der Waals surface area contributed by atoms with Crippen molar-refractivity contribution in [3.8, 4) is 0 Å². The Hall–Kier alpha value is -0.900. The van der Waals surface area contributed by atoms with Crippen LogP contribution in [0, 0.1) is 5.92 Å². The summed E-state index contributed by atoms with van der Waals surface area (Å²) in [6, 6.07) is 8.69. The van der Waals surface area contributed by atoms with Crippen molar-refractivity contribution in [3.63, 3.8) is 0 Å². The van der Waals surface area contributed by atoms with Gasteiger partial charge in [-0.2, -0.15) is 0 Å². The van der Waals surface area contributed by atoms with Gasteiger partial charge < -0.3 is 10.8 Å². The summed E-state index contributed by atoms with van der Waals surface area (Å²) < 4.78 is 0. The number of aliphatic hydroxyl groups is 1. The molecular formula is C16H26N2O. The lowest BCUT2D eigenvalue weighted by molar-refractivity contribution is 0.101. The van der Waals surface area contributed by atoms with Crippen LogP contribution in [0.2, 0.25) is 0 Å². The van der Waals surface area contributed by atoms with E-state index in [2.05, 4.69) is 18.7 Å². The SMILES string of the molecule is CC(C)CN(CC(O)c1ccc(CN)cc1)C1CC1. The van der Waals surface area contributed by atoms with Crippen LogP contribution in [0.25, 0.3) is 0 Å². The highest BCUT2D eigenvalue weighted by atomic mass is 16.3. The average molecular weight is 262 g/mol. The van der Waals surface area contributed by atoms with Crippen LogP contribution in [0.5, 0.6) is 0 Å². The Bertz CT molecular complexity index is 384. The molecule has 0 aromatic heterocycles. The summed E-state index contributed by atoms with van der Waals surface area (Å²) in [5.41, 5.74) is 7.69. The van der Waals surface area contributed by atoms with Crippen LogP contribution in [0.15, 0.2) is 24.3 Å². The summed E-state index contributed by atoms with van der Waals surface area (Å²) in [5, 5.41) is 10.4. The standard InChI is InChI=1S/C16H26N2O/c1-12(2)10-18(15-7-8-15)11-16(19)14-5-3-13(9-17)4-6-14/h3-6,12,15-16,19H,7-11,17H2,1-2H3. The zero-order valence-electron chi connectivity index (χ0n) is 12.0. The van der Waals surface area contributed by atoms with E-state index in [-0.39, 0.29) is 0 Å². The average Bonchev–Trinajstić information content (AvgIpc) is 3.21. The zero-order valence-corrected chi connectivity index (χ0v) is 12.0. The Morgan fingerprint density at radius 1 is 1.21 bits per heavy atom. The van der Waals surface area contributed by atoms with Crippen LogP contribution in [-0.2, 0) is 6.54 Å². The predicted molar refractivity (Wildman–Crippen MR) is 78.7 cm³/mol. The molecule has 1 atom stereocenters. The van der Waals surface area contributed by atoms with Gasteiger partial charge in [-0.25, -0.2) is 0 Å². The number of hydrogen-bond acceptors (Lipinski definition) is 3. The smallest absolute Gasteiger partial charge is 0.0917 e. The van der Waals surface area contributed by atoms with Gasteiger partial charge in [-0.1, -0.05) is 38.1 Å². The quantitative estimate of drug-likeness (QED) is 0.792. The van der Waals surface area contributed by atoms with Crippen LogP contribution in [-0.4, -0.2) is 29.1 Å². The van der Waals surface area contributed by atoms with Crippen molar-refractivity contribution in [2.45, 2.75) is 45.4 Å². The molecule has 3 nitrogen and oxygen atoms in total. The summed E-state index contributed by atoms with van der Waals surface area (Å²) in [6.07, 6.45) is 2.17. The van der Waals surface area contributed by atoms with E-state index in [4.69, 9.17) is 5.73 Å². The summed E-state index contributed by atoms with van der Waals surface area (Å²) in [4.78, 5) is 2.44. The van der Waals surface area contributed by atoms with Crippen molar-refractivity contribution in [1.82, 2.24) is 4.90 Å². The molecule has 0 amide bonds. The molecule has 106 valence electrons. The lowest BCUT2D eigenvalue weighted by Crippen LogP contribution is -2.34. The first-order chi connectivity index (χ1) is 9.10. The van der Waals surface area contributed by atoms with Crippen LogP contribution < -0.4 is 5.73 Å². The van der Waals surface area contributed by atoms with Gasteiger partial charge in [0, 0.05) is 25.7 Å². The van der Waals surface area contributed by atoms with Gasteiger partial charge in [-0.15, -0.1) is 0 Å². The third-order valence-corrected chi connectivity index (χ3v) is 3.67. The Morgan fingerprint density at radius 3 is 2.32 bits per heavy atom. The molecular weight excluding hydrogens is 236 g/mol. The molecule has 0 heterocycles. The van der Waals surface area contributed by atoms with Crippen LogP contribution in [0.3, 0.4) is 0 Å². The third kappa shape index (κ3) is 4.30. The van der Waals surface area contributed by atoms with Crippen molar-refractivity contribution >= 4 is 0 Å². The lowest BCUT2D eigenvalue weighted by Gasteiger charge is -2.26. The maximum atomic E-state index is 10.4. The van der Waals surface area contributed by atoms with Crippen LogP contribution >= 0.6 is 0 Å². The molecule has 3 N–H and O–H groups in total. The van der Waals surface area contributed by atoms with Crippen molar-refractivity contribution in [1.29, 1.82) is 0 Å². The molecule has 0 bridgehead atoms. The topological polar surface area (TPSA) is 49.5 Å². The normalized spacial score (nSPS) is 17.2. The molecule has 1 aliphatic carbocycles. The molecule has 1 aromatic rings. The molecule has 0 aliphatic heterocycles. The first-order valence-corrected chi connectivity index (χ1v) is 7.31. The Kier molecular flexibility index (Phi) is 4.97. The maximum Gasteiger partial charge on any atom is 0.0917 e. The van der Waals surface area contributed by atoms with Gasteiger partial charge in [0.15, 0.2) is 0 Å². The summed E-state index contributed by atoms with van der Waals surface area (Å²) in [6.45, 7) is 6.83. The van der Waals surface area contributed by atoms with E-state index in [1.807, 2.05) is 24.3 Å². The number of rotatable bonds is 7. The van der Waals surface area contributed by atoms with E-state index >= 15 is 0 Å². The van der Waals surface area contributed by atoms with E-state index < -0.39 is 6.10 Å². The number of aliphatic hydroxyl groups excluding tert-OH is 1. The fraction of sp³-hybridized carbons (Fsp3) is 0.625. The molecule has 1 unspecified atom stereocenters. The van der Waals surface area contributed by atoms with Crippen molar-refractivity contribution in [2.75, 3.05) is 13.1 Å². The van der Waals surface area contributed by atoms with Crippen molar-refractivity contribution < 1.29 is 5.11 Å². The summed E-state index contributed by atoms with van der Waals surface area (Å²) in [5.74, 6) is 0.646. The fourth-order valence-electron chi connectivity index (χ4n) is 2.48. The van der Waals surface area contributed by atoms with Gasteiger partial charge in [0.1, 0.15) is 0 Å². The number of nitrogens with zero attached hydrogens (tertiary/aromatic N) is 1. The Balaban J connectivity index is 1.95. The second-order valence-corrected chi connectivity index (χ2v) is 6.04. The number of hydrogen-bond donors (Lipinski definition) is 2. The van der Waals surface area contributed by atoms with E-state index in [0.29, 0.717) is 18.5 Å². The van der Waals surface area contributed by atoms with E-state index in [9.17, 15) is 5.11 Å². The van der Waals surface area contributed by atoms with Gasteiger partial charge in [0.2, 0.25) is 0 Å². The minimum atomic E-state index is -0.397. The Labute approximate surface area is 116 Å². The van der Waals surface area contributed by atoms with Gasteiger partial charge in [0.05, 0.1) is 6.10 Å². The molecule has 19 heavy (non-hydrogen) atoms. The molecule has 0 radical (unpaired) electrons. The first-order valence-electron chi connectivity index (χ1n) is 7.31. The van der Waals surface area contributed by atoms with E-state index in [0.717, 1.165) is 24.2 Å². The summed E-state index contributed by atoms with van der Waals surface area (Å²) in [7, 11) is 0. The second-order valence-electron chi connectivity index (χ2n) is 6.04. The monoisotopic (exact) mass is 262 g/mol. The minimum Gasteiger partial charge on any atom is -0.387 e. The van der Waals surface area contributed by atoms with E-state index in [1.54, 1.807) is 0 Å². The molecule has 1 aromatic carbocycles. The minimum absolute atomic E-state index is 0.397. The number of nitrogens with two attached hydrogens (primary N) is 1. The highest BCUT2D eigenvalue weighted by molar-refractivity contribution is 5.24. The molecule has 2 rings (SSSR count). The molecule has 1 saturated carbocycles.